The molecule has 3 N–H and O–H groups in total. The molecule has 25 heavy (non-hydrogen) atoms. The van der Waals surface area contributed by atoms with Crippen molar-refractivity contribution >= 4 is 26.9 Å². The lowest BCUT2D eigenvalue weighted by Crippen LogP contribution is -2.02. The highest BCUT2D eigenvalue weighted by atomic mass is 32.2. The summed E-state index contributed by atoms with van der Waals surface area (Å²) in [5, 5.41) is 7.79. The second-order valence-electron chi connectivity index (χ2n) is 5.15. The van der Waals surface area contributed by atoms with E-state index in [0.29, 0.717) is 11.4 Å². The van der Waals surface area contributed by atoms with Crippen molar-refractivity contribution in [3.8, 4) is 0 Å². The summed E-state index contributed by atoms with van der Waals surface area (Å²) in [4.78, 5) is 14.3. The van der Waals surface area contributed by atoms with Crippen LogP contribution in [0.15, 0.2) is 91.7 Å². The monoisotopic (exact) mass is 354 g/mol. The first-order valence-corrected chi connectivity index (χ1v) is 8.75. The first-order valence-electron chi connectivity index (χ1n) is 7.27. The summed E-state index contributed by atoms with van der Waals surface area (Å²) < 4.78 is 25.1. The van der Waals surface area contributed by atoms with E-state index >= 15 is 0 Å². The Morgan fingerprint density at radius 3 is 2.04 bits per heavy atom. The Kier molecular flexibility index (Phi) is 4.44. The number of nitrogens with zero attached hydrogens (tertiary/aromatic N) is 2. The molecule has 0 saturated carbocycles. The van der Waals surface area contributed by atoms with Gasteiger partial charge in [0, 0.05) is 11.9 Å². The summed E-state index contributed by atoms with van der Waals surface area (Å²) in [7, 11) is -3.63. The molecule has 3 aromatic rings. The molecule has 0 aliphatic heterocycles. The lowest BCUT2D eigenvalue weighted by atomic mass is 10.3. The lowest BCUT2D eigenvalue weighted by molar-refractivity contribution is 0.596. The number of nitrogens with one attached hydrogen (secondary N) is 1. The summed E-state index contributed by atoms with van der Waals surface area (Å²) >= 11 is 0. The number of H-pyrrole nitrogens is 1. The second-order valence-corrected chi connectivity index (χ2v) is 7.10. The Morgan fingerprint density at radius 1 is 0.840 bits per heavy atom. The van der Waals surface area contributed by atoms with Crippen LogP contribution in [-0.2, 0) is 9.84 Å². The van der Waals surface area contributed by atoms with E-state index in [1.807, 2.05) is 0 Å². The molecule has 1 aromatic heterocycles. The van der Waals surface area contributed by atoms with Crippen molar-refractivity contribution < 1.29 is 8.42 Å². The van der Waals surface area contributed by atoms with Gasteiger partial charge in [0.05, 0.1) is 15.5 Å². The number of hydrogen-bond acceptors (Lipinski definition) is 6. The largest absolute Gasteiger partial charge is 0.399 e. The molecule has 3 rings (SSSR count). The Balaban J connectivity index is 1.86. The predicted molar refractivity (Wildman–Crippen MR) is 94.0 cm³/mol. The Morgan fingerprint density at radius 2 is 1.44 bits per heavy atom. The number of sulfone groups is 1. The highest BCUT2D eigenvalue weighted by Crippen LogP contribution is 2.24. The number of rotatable bonds is 4. The lowest BCUT2D eigenvalue weighted by Gasteiger charge is -2.05. The average Bonchev–Trinajstić information content (AvgIpc) is 2.62. The van der Waals surface area contributed by atoms with Gasteiger partial charge in [-0.05, 0) is 60.7 Å². The van der Waals surface area contributed by atoms with Crippen LogP contribution >= 0.6 is 0 Å². The third kappa shape index (κ3) is 3.64. The van der Waals surface area contributed by atoms with Crippen molar-refractivity contribution in [3.63, 3.8) is 0 Å². The molecule has 0 atom stereocenters. The molecule has 0 bridgehead atoms. The van der Waals surface area contributed by atoms with Gasteiger partial charge in [-0.2, -0.15) is 5.11 Å². The minimum atomic E-state index is -3.63. The molecule has 2 aromatic carbocycles. The van der Waals surface area contributed by atoms with Gasteiger partial charge in [-0.15, -0.1) is 5.11 Å². The van der Waals surface area contributed by atoms with Gasteiger partial charge < -0.3 is 10.7 Å². The maximum Gasteiger partial charge on any atom is 0.275 e. The summed E-state index contributed by atoms with van der Waals surface area (Å²) in [6.45, 7) is 0. The number of hydrogen-bond donors (Lipinski definition) is 2. The zero-order valence-electron chi connectivity index (χ0n) is 13.0. The fraction of sp³-hybridized carbons (Fsp3) is 0. The Bertz CT molecular complexity index is 1070. The standard InChI is InChI=1S/C17H14N4O3S/c18-12-3-7-14(8-4-12)25(23,24)15-9-5-13(6-10-15)20-21-16-2-1-11-19-17(16)22/h1-11H,18H2,(H,19,22). The number of nitrogen functional groups attached to an aromatic ring is 1. The van der Waals surface area contributed by atoms with Crippen molar-refractivity contribution in [1.82, 2.24) is 4.98 Å². The highest BCUT2D eigenvalue weighted by molar-refractivity contribution is 7.91. The van der Waals surface area contributed by atoms with Gasteiger partial charge in [0.15, 0.2) is 5.69 Å². The van der Waals surface area contributed by atoms with E-state index in [-0.39, 0.29) is 21.0 Å². The number of nitrogens with two attached hydrogens (primary N) is 1. The maximum atomic E-state index is 12.5. The molecule has 0 aliphatic rings. The van der Waals surface area contributed by atoms with Crippen molar-refractivity contribution in [3.05, 3.63) is 77.2 Å². The first-order chi connectivity index (χ1) is 12.0. The molecule has 0 fully saturated rings. The molecule has 0 aliphatic carbocycles. The van der Waals surface area contributed by atoms with E-state index in [1.165, 1.54) is 60.8 Å². The van der Waals surface area contributed by atoms with Gasteiger partial charge in [-0.25, -0.2) is 8.42 Å². The predicted octanol–water partition coefficient (Wildman–Crippen LogP) is 3.21. The van der Waals surface area contributed by atoms with Gasteiger partial charge in [0.1, 0.15) is 0 Å². The van der Waals surface area contributed by atoms with E-state index in [2.05, 4.69) is 15.2 Å². The minimum absolute atomic E-state index is 0.133. The molecule has 0 saturated heterocycles. The zero-order valence-corrected chi connectivity index (χ0v) is 13.8. The van der Waals surface area contributed by atoms with E-state index in [0.717, 1.165) is 0 Å². The molecular formula is C17H14N4O3S. The van der Waals surface area contributed by atoms with Crippen molar-refractivity contribution in [2.24, 2.45) is 10.2 Å². The first kappa shape index (κ1) is 16.6. The normalized spacial score (nSPS) is 11.7. The minimum Gasteiger partial charge on any atom is -0.399 e. The molecule has 126 valence electrons. The smallest absolute Gasteiger partial charge is 0.275 e. The third-order valence-corrected chi connectivity index (χ3v) is 5.19. The average molecular weight is 354 g/mol. The molecule has 0 spiro atoms. The van der Waals surface area contributed by atoms with E-state index in [1.54, 1.807) is 6.07 Å². The van der Waals surface area contributed by atoms with Gasteiger partial charge >= 0.3 is 0 Å². The van der Waals surface area contributed by atoms with E-state index in [4.69, 9.17) is 5.73 Å². The van der Waals surface area contributed by atoms with E-state index < -0.39 is 9.84 Å². The highest BCUT2D eigenvalue weighted by Gasteiger charge is 2.17. The zero-order chi connectivity index (χ0) is 17.9. The number of aromatic amines is 1. The molecule has 0 amide bonds. The van der Waals surface area contributed by atoms with E-state index in [9.17, 15) is 13.2 Å². The summed E-state index contributed by atoms with van der Waals surface area (Å²) in [6.07, 6.45) is 1.50. The summed E-state index contributed by atoms with van der Waals surface area (Å²) in [5.41, 5.74) is 6.31. The molecular weight excluding hydrogens is 340 g/mol. The second kappa shape index (κ2) is 6.70. The number of pyridine rings is 1. The van der Waals surface area contributed by atoms with Crippen LogP contribution in [0.1, 0.15) is 0 Å². The number of anilines is 1. The van der Waals surface area contributed by atoms with Crippen LogP contribution in [0.4, 0.5) is 17.1 Å². The van der Waals surface area contributed by atoms with Crippen molar-refractivity contribution in [2.75, 3.05) is 5.73 Å². The van der Waals surface area contributed by atoms with Crippen LogP contribution in [-0.4, -0.2) is 13.4 Å². The summed E-state index contributed by atoms with van der Waals surface area (Å²) in [6, 6.07) is 15.1. The number of azo groups is 1. The molecule has 0 radical (unpaired) electrons. The SMILES string of the molecule is Nc1ccc(S(=O)(=O)c2ccc(N=Nc3ccc[nH]c3=O)cc2)cc1. The molecule has 0 unspecified atom stereocenters. The quantitative estimate of drug-likeness (QED) is 0.552. The van der Waals surface area contributed by atoms with Crippen LogP contribution in [0.5, 0.6) is 0 Å². The number of aromatic nitrogens is 1. The molecule has 8 heteroatoms. The molecule has 7 nitrogen and oxygen atoms in total. The Hall–Kier alpha value is -3.26. The van der Waals surface area contributed by atoms with Crippen LogP contribution < -0.4 is 11.3 Å². The van der Waals surface area contributed by atoms with Gasteiger partial charge in [-0.1, -0.05) is 0 Å². The topological polar surface area (TPSA) is 118 Å². The van der Waals surface area contributed by atoms with Gasteiger partial charge in [0.25, 0.3) is 5.56 Å². The maximum absolute atomic E-state index is 12.5. The summed E-state index contributed by atoms with van der Waals surface area (Å²) in [5.74, 6) is 0. The fourth-order valence-electron chi connectivity index (χ4n) is 2.08. The van der Waals surface area contributed by atoms with Crippen molar-refractivity contribution in [1.29, 1.82) is 0 Å². The van der Waals surface area contributed by atoms with Gasteiger partial charge in [0.2, 0.25) is 9.84 Å². The van der Waals surface area contributed by atoms with Crippen molar-refractivity contribution in [2.45, 2.75) is 9.79 Å². The van der Waals surface area contributed by atoms with Gasteiger partial charge in [-0.3, -0.25) is 4.79 Å². The fourth-order valence-corrected chi connectivity index (χ4v) is 3.34. The Labute approximate surface area is 143 Å². The van der Waals surface area contributed by atoms with Crippen LogP contribution in [0.3, 0.4) is 0 Å². The van der Waals surface area contributed by atoms with Crippen LogP contribution in [0.25, 0.3) is 0 Å². The third-order valence-electron chi connectivity index (χ3n) is 3.41. The van der Waals surface area contributed by atoms with Crippen LogP contribution in [0, 0.1) is 0 Å². The van der Waals surface area contributed by atoms with Crippen LogP contribution in [0.2, 0.25) is 0 Å². The molecule has 1 heterocycles. The number of benzene rings is 2.